The van der Waals surface area contributed by atoms with Crippen LogP contribution in [0.3, 0.4) is 0 Å². The average Bonchev–Trinajstić information content (AvgIpc) is 3.31. The summed E-state index contributed by atoms with van der Waals surface area (Å²) >= 11 is 0. The number of aromatic nitrogens is 1. The lowest BCUT2D eigenvalue weighted by Gasteiger charge is -2.21. The fourth-order valence-electron chi connectivity index (χ4n) is 3.61. The zero-order valence-electron chi connectivity index (χ0n) is 13.6. The number of fused-ring (bicyclic) bond motifs is 1. The normalized spacial score (nSPS) is 20.4. The third-order valence-electron chi connectivity index (χ3n) is 5.16. The Labute approximate surface area is 143 Å². The third-order valence-corrected chi connectivity index (χ3v) is 5.16. The number of carboxylic acid groups (broad SMARTS) is 1. The Bertz CT molecular complexity index is 919. The highest BCUT2D eigenvalue weighted by Crippen LogP contribution is 2.38. The van der Waals surface area contributed by atoms with Crippen LogP contribution in [0.15, 0.2) is 23.1 Å². The van der Waals surface area contributed by atoms with E-state index in [0.29, 0.717) is 24.3 Å². The van der Waals surface area contributed by atoms with Gasteiger partial charge in [-0.2, -0.15) is 0 Å². The summed E-state index contributed by atoms with van der Waals surface area (Å²) < 4.78 is 16.5. The molecule has 2 aliphatic rings. The van der Waals surface area contributed by atoms with Crippen LogP contribution < -0.4 is 10.3 Å². The van der Waals surface area contributed by atoms with Crippen LogP contribution in [0.25, 0.3) is 10.9 Å². The van der Waals surface area contributed by atoms with Crippen molar-refractivity contribution in [3.8, 4) is 0 Å². The van der Waals surface area contributed by atoms with Crippen LogP contribution in [0.2, 0.25) is 0 Å². The lowest BCUT2D eigenvalue weighted by atomic mass is 10.1. The van der Waals surface area contributed by atoms with Gasteiger partial charge in [-0.3, -0.25) is 4.79 Å². The number of rotatable bonds is 4. The van der Waals surface area contributed by atoms with Crippen LogP contribution >= 0.6 is 0 Å². The molecule has 4 rings (SSSR count). The zero-order valence-corrected chi connectivity index (χ0v) is 13.6. The highest BCUT2D eigenvalue weighted by atomic mass is 19.1. The number of anilines is 1. The van der Waals surface area contributed by atoms with E-state index < -0.39 is 17.2 Å². The molecule has 0 unspecified atom stereocenters. The summed E-state index contributed by atoms with van der Waals surface area (Å²) in [7, 11) is 0. The molecule has 2 N–H and O–H groups in total. The molecule has 25 heavy (non-hydrogen) atoms. The molecule has 2 aromatic rings. The van der Waals surface area contributed by atoms with Crippen LogP contribution in [0.1, 0.15) is 35.7 Å². The maximum Gasteiger partial charge on any atom is 0.341 e. The number of carbonyl (C=O) groups is 1. The predicted molar refractivity (Wildman–Crippen MR) is 90.8 cm³/mol. The number of carboxylic acids is 1. The number of hydrogen-bond donors (Lipinski definition) is 2. The standard InChI is InChI=1S/C18H19FN2O4/c19-14-5-12-15(6-16(14)20-4-3-10(7-20)9-22)21(11-1-2-11)8-13(17(12)23)18(24)25/h5-6,8,10-11,22H,1-4,7,9H2,(H,24,25)/t10-/m0/s1. The number of hydrogen-bond acceptors (Lipinski definition) is 4. The molecule has 1 saturated carbocycles. The van der Waals surface area contributed by atoms with Gasteiger partial charge in [-0.05, 0) is 31.4 Å². The second-order valence-electron chi connectivity index (χ2n) is 6.92. The first kappa shape index (κ1) is 16.1. The van der Waals surface area contributed by atoms with Gasteiger partial charge < -0.3 is 19.7 Å². The van der Waals surface area contributed by atoms with Gasteiger partial charge in [0, 0.05) is 43.2 Å². The van der Waals surface area contributed by atoms with Crippen LogP contribution in [0.5, 0.6) is 0 Å². The van der Waals surface area contributed by atoms with Crippen molar-refractivity contribution in [2.24, 2.45) is 5.92 Å². The maximum atomic E-state index is 14.7. The Morgan fingerprint density at radius 1 is 1.28 bits per heavy atom. The molecule has 7 heteroatoms. The van der Waals surface area contributed by atoms with Gasteiger partial charge >= 0.3 is 5.97 Å². The fourth-order valence-corrected chi connectivity index (χ4v) is 3.61. The van der Waals surface area contributed by atoms with E-state index in [-0.39, 0.29) is 29.5 Å². The van der Waals surface area contributed by atoms with Crippen LogP contribution in [-0.2, 0) is 0 Å². The lowest BCUT2D eigenvalue weighted by molar-refractivity contribution is 0.0695. The summed E-state index contributed by atoms with van der Waals surface area (Å²) in [6.07, 6.45) is 4.01. The van der Waals surface area contributed by atoms with Gasteiger partial charge in [0.15, 0.2) is 0 Å². The molecule has 2 fully saturated rings. The summed E-state index contributed by atoms with van der Waals surface area (Å²) in [5.74, 6) is -1.71. The largest absolute Gasteiger partial charge is 0.477 e. The van der Waals surface area contributed by atoms with Gasteiger partial charge in [0.05, 0.1) is 11.2 Å². The summed E-state index contributed by atoms with van der Waals surface area (Å²) in [6.45, 7) is 1.29. The topological polar surface area (TPSA) is 82.8 Å². The molecule has 1 aromatic carbocycles. The molecular weight excluding hydrogens is 327 g/mol. The van der Waals surface area contributed by atoms with Crippen molar-refractivity contribution in [1.29, 1.82) is 0 Å². The monoisotopic (exact) mass is 346 g/mol. The summed E-state index contributed by atoms with van der Waals surface area (Å²) in [6, 6.07) is 2.96. The van der Waals surface area contributed by atoms with E-state index in [4.69, 9.17) is 0 Å². The van der Waals surface area contributed by atoms with Gasteiger partial charge in [0.1, 0.15) is 11.4 Å². The van der Waals surface area contributed by atoms with E-state index in [0.717, 1.165) is 25.3 Å². The van der Waals surface area contributed by atoms with Crippen LogP contribution in [0, 0.1) is 11.7 Å². The van der Waals surface area contributed by atoms with Crippen LogP contribution in [0.4, 0.5) is 10.1 Å². The number of benzene rings is 1. The van der Waals surface area contributed by atoms with Crippen molar-refractivity contribution in [3.63, 3.8) is 0 Å². The van der Waals surface area contributed by atoms with E-state index in [1.54, 1.807) is 10.6 Å². The average molecular weight is 346 g/mol. The second kappa shape index (κ2) is 5.84. The SMILES string of the molecule is O=C(O)c1cn(C2CC2)c2cc(N3CC[C@H](CO)C3)c(F)cc2c1=O. The van der Waals surface area contributed by atoms with Crippen molar-refractivity contribution in [2.45, 2.75) is 25.3 Å². The molecule has 0 amide bonds. The molecule has 0 bridgehead atoms. The summed E-state index contributed by atoms with van der Waals surface area (Å²) in [5, 5.41) is 18.7. The number of nitrogens with zero attached hydrogens (tertiary/aromatic N) is 2. The Kier molecular flexibility index (Phi) is 3.76. The second-order valence-corrected chi connectivity index (χ2v) is 6.92. The van der Waals surface area contributed by atoms with E-state index in [1.807, 2.05) is 4.90 Å². The highest BCUT2D eigenvalue weighted by molar-refractivity contribution is 5.93. The van der Waals surface area contributed by atoms with E-state index in [1.165, 1.54) is 6.20 Å². The van der Waals surface area contributed by atoms with E-state index >= 15 is 0 Å². The molecule has 1 aliphatic heterocycles. The number of halogens is 1. The summed E-state index contributed by atoms with van der Waals surface area (Å²) in [5.41, 5.74) is -0.00533. The minimum atomic E-state index is -1.30. The van der Waals surface area contributed by atoms with Gasteiger partial charge in [0.2, 0.25) is 5.43 Å². The Hall–Kier alpha value is -2.41. The molecule has 6 nitrogen and oxygen atoms in total. The lowest BCUT2D eigenvalue weighted by Crippen LogP contribution is -2.23. The molecule has 1 aliphatic carbocycles. The minimum Gasteiger partial charge on any atom is -0.477 e. The van der Waals surface area contributed by atoms with Crippen molar-refractivity contribution >= 4 is 22.6 Å². The molecule has 132 valence electrons. The highest BCUT2D eigenvalue weighted by Gasteiger charge is 2.29. The van der Waals surface area contributed by atoms with Gasteiger partial charge in [0.25, 0.3) is 0 Å². The maximum absolute atomic E-state index is 14.7. The molecule has 1 saturated heterocycles. The van der Waals surface area contributed by atoms with Gasteiger partial charge in [-0.15, -0.1) is 0 Å². The minimum absolute atomic E-state index is 0.0699. The molecule has 2 heterocycles. The molecule has 0 radical (unpaired) electrons. The number of pyridine rings is 1. The van der Waals surface area contributed by atoms with E-state index in [9.17, 15) is 24.2 Å². The van der Waals surface area contributed by atoms with Gasteiger partial charge in [-0.1, -0.05) is 0 Å². The zero-order chi connectivity index (χ0) is 17.7. The molecular formula is C18H19FN2O4. The van der Waals surface area contributed by atoms with Crippen molar-refractivity contribution in [1.82, 2.24) is 4.57 Å². The molecule has 1 aromatic heterocycles. The van der Waals surface area contributed by atoms with E-state index in [2.05, 4.69) is 0 Å². The quantitative estimate of drug-likeness (QED) is 0.885. The van der Waals surface area contributed by atoms with Crippen molar-refractivity contribution in [3.05, 3.63) is 39.9 Å². The third kappa shape index (κ3) is 2.68. The Morgan fingerprint density at radius 3 is 2.64 bits per heavy atom. The predicted octanol–water partition coefficient (Wildman–Crippen LogP) is 1.99. The van der Waals surface area contributed by atoms with Crippen LogP contribution in [-0.4, -0.2) is 40.4 Å². The Balaban J connectivity index is 1.90. The first-order valence-corrected chi connectivity index (χ1v) is 8.47. The number of aromatic carboxylic acids is 1. The smallest absolute Gasteiger partial charge is 0.341 e. The van der Waals surface area contributed by atoms with Crippen molar-refractivity contribution in [2.75, 3.05) is 24.6 Å². The number of aliphatic hydroxyl groups excluding tert-OH is 1. The number of aliphatic hydroxyl groups is 1. The molecule has 0 spiro atoms. The Morgan fingerprint density at radius 2 is 2.04 bits per heavy atom. The fraction of sp³-hybridized carbons (Fsp3) is 0.444. The summed E-state index contributed by atoms with van der Waals surface area (Å²) in [4.78, 5) is 25.7. The first-order valence-electron chi connectivity index (χ1n) is 8.47. The van der Waals surface area contributed by atoms with Crippen molar-refractivity contribution < 1.29 is 19.4 Å². The van der Waals surface area contributed by atoms with Gasteiger partial charge in [-0.25, -0.2) is 9.18 Å². The molecule has 1 atom stereocenters. The first-order chi connectivity index (χ1) is 12.0.